The van der Waals surface area contributed by atoms with Crippen molar-refractivity contribution in [2.75, 3.05) is 25.0 Å². The minimum atomic E-state index is -3.85. The van der Waals surface area contributed by atoms with Crippen LogP contribution < -0.4 is 15.4 Å². The fourth-order valence-electron chi connectivity index (χ4n) is 4.89. The van der Waals surface area contributed by atoms with Crippen LogP contribution in [0.15, 0.2) is 34.5 Å². The normalized spacial score (nSPS) is 17.0. The summed E-state index contributed by atoms with van der Waals surface area (Å²) in [6.07, 6.45) is 5.23. The molecular formula is C27H41N5O4S2. The molecule has 2 aromatic rings. The molecular weight excluding hydrogens is 522 g/mol. The van der Waals surface area contributed by atoms with Gasteiger partial charge in [0.15, 0.2) is 9.34 Å². The minimum Gasteiger partial charge on any atom is -0.355 e. The van der Waals surface area contributed by atoms with Crippen LogP contribution in [0, 0.1) is 12.8 Å². The van der Waals surface area contributed by atoms with Gasteiger partial charge >= 0.3 is 0 Å². The smallest absolute Gasteiger partial charge is 0.252 e. The van der Waals surface area contributed by atoms with Crippen LogP contribution >= 0.6 is 11.3 Å². The summed E-state index contributed by atoms with van der Waals surface area (Å²) in [5, 5.41) is 5.91. The summed E-state index contributed by atoms with van der Waals surface area (Å²) in [5.41, 5.74) is 1.65. The lowest BCUT2D eigenvalue weighted by molar-refractivity contribution is -0.125. The maximum absolute atomic E-state index is 13.3. The number of aryl methyl sites for hydroxylation is 2. The fraction of sp³-hybridized carbons (Fsp3) is 0.593. The van der Waals surface area contributed by atoms with E-state index in [0.29, 0.717) is 25.2 Å². The second-order valence-corrected chi connectivity index (χ2v) is 13.3. The monoisotopic (exact) mass is 563 g/mol. The highest BCUT2D eigenvalue weighted by molar-refractivity contribution is 7.91. The van der Waals surface area contributed by atoms with Gasteiger partial charge in [-0.05, 0) is 63.5 Å². The van der Waals surface area contributed by atoms with Crippen LogP contribution in [0.4, 0.5) is 5.13 Å². The second-order valence-electron chi connectivity index (χ2n) is 10.4. The lowest BCUT2D eigenvalue weighted by Crippen LogP contribution is -2.50. The van der Waals surface area contributed by atoms with E-state index in [4.69, 9.17) is 0 Å². The van der Waals surface area contributed by atoms with Crippen LogP contribution in [0.1, 0.15) is 64.1 Å². The zero-order valence-electron chi connectivity index (χ0n) is 22.8. The minimum absolute atomic E-state index is 0.0200. The molecule has 0 saturated carbocycles. The zero-order chi connectivity index (χ0) is 27.7. The maximum Gasteiger partial charge on any atom is 0.252 e. The van der Waals surface area contributed by atoms with E-state index in [2.05, 4.69) is 51.2 Å². The Kier molecular flexibility index (Phi) is 11.3. The summed E-state index contributed by atoms with van der Waals surface area (Å²) in [7, 11) is -3.85. The highest BCUT2D eigenvalue weighted by atomic mass is 32.2. The van der Waals surface area contributed by atoms with Crippen molar-refractivity contribution in [1.29, 1.82) is 0 Å². The SMILES string of the molecule is CC(=O)Nc1nc(C)c(S(=O)(=O)N[C@@H](CC(C)C)CN2CCC[C@H]2C(=O)NCCCCc2ccccc2)s1. The van der Waals surface area contributed by atoms with E-state index in [-0.39, 0.29) is 39.2 Å². The lowest BCUT2D eigenvalue weighted by Gasteiger charge is -2.29. The first-order valence-electron chi connectivity index (χ1n) is 13.4. The number of aromatic nitrogens is 1. The van der Waals surface area contributed by atoms with Crippen LogP contribution in [-0.2, 0) is 26.0 Å². The molecule has 38 heavy (non-hydrogen) atoms. The van der Waals surface area contributed by atoms with E-state index in [9.17, 15) is 18.0 Å². The first-order valence-corrected chi connectivity index (χ1v) is 15.7. The van der Waals surface area contributed by atoms with Crippen molar-refractivity contribution in [1.82, 2.24) is 19.9 Å². The van der Waals surface area contributed by atoms with Gasteiger partial charge in [-0.2, -0.15) is 0 Å². The van der Waals surface area contributed by atoms with Gasteiger partial charge in [-0.1, -0.05) is 55.5 Å². The molecule has 0 aliphatic carbocycles. The third-order valence-corrected chi connectivity index (χ3v) is 9.72. The Bertz CT molecular complexity index is 1170. The molecule has 1 aliphatic heterocycles. The predicted octanol–water partition coefficient (Wildman–Crippen LogP) is 3.71. The van der Waals surface area contributed by atoms with Gasteiger partial charge in [-0.3, -0.25) is 14.5 Å². The van der Waals surface area contributed by atoms with Gasteiger partial charge in [-0.15, -0.1) is 0 Å². The number of carbonyl (C=O) groups excluding carboxylic acids is 2. The molecule has 2 amide bonds. The molecule has 1 fully saturated rings. The summed E-state index contributed by atoms with van der Waals surface area (Å²) in [5.74, 6) is -0.0193. The van der Waals surface area contributed by atoms with Crippen LogP contribution in [0.2, 0.25) is 0 Å². The summed E-state index contributed by atoms with van der Waals surface area (Å²) in [6, 6.07) is 9.73. The first-order chi connectivity index (χ1) is 18.0. The molecule has 0 spiro atoms. The Balaban J connectivity index is 1.57. The molecule has 0 bridgehead atoms. The largest absolute Gasteiger partial charge is 0.355 e. The van der Waals surface area contributed by atoms with Gasteiger partial charge in [0, 0.05) is 26.1 Å². The molecule has 1 saturated heterocycles. The van der Waals surface area contributed by atoms with Gasteiger partial charge in [0.25, 0.3) is 10.0 Å². The number of hydrogen-bond acceptors (Lipinski definition) is 7. The Hall–Kier alpha value is -2.34. The summed E-state index contributed by atoms with van der Waals surface area (Å²) < 4.78 is 29.5. The number of unbranched alkanes of at least 4 members (excludes halogenated alkanes) is 1. The molecule has 1 aromatic heterocycles. The standard InChI is InChI=1S/C27H41N5O4S2/c1-19(2)17-23(31-38(35,36)26-20(3)29-27(37-26)30-21(4)33)18-32-16-10-14-24(32)25(34)28-15-9-8-13-22-11-6-5-7-12-22/h5-7,11-12,19,23-24,31H,8-10,13-18H2,1-4H3,(H,28,34)(H,29,30,33)/t23-,24-/m0/s1. The first kappa shape index (κ1) is 30.2. The third kappa shape index (κ3) is 9.14. The number of thiazole rings is 1. The van der Waals surface area contributed by atoms with Crippen molar-refractivity contribution in [3.05, 3.63) is 41.6 Å². The number of nitrogens with zero attached hydrogens (tertiary/aromatic N) is 2. The predicted molar refractivity (Wildman–Crippen MR) is 152 cm³/mol. The number of benzene rings is 1. The Morgan fingerprint density at radius 2 is 1.92 bits per heavy atom. The van der Waals surface area contributed by atoms with Gasteiger partial charge in [0.1, 0.15) is 0 Å². The maximum atomic E-state index is 13.3. The van der Waals surface area contributed by atoms with E-state index in [1.165, 1.54) is 12.5 Å². The van der Waals surface area contributed by atoms with Crippen LogP contribution in [0.3, 0.4) is 0 Å². The van der Waals surface area contributed by atoms with Gasteiger partial charge in [0.2, 0.25) is 11.8 Å². The molecule has 2 heterocycles. The Morgan fingerprint density at radius 1 is 1.18 bits per heavy atom. The van der Waals surface area contributed by atoms with E-state index in [1.54, 1.807) is 6.92 Å². The molecule has 0 unspecified atom stereocenters. The molecule has 3 N–H and O–H groups in total. The molecule has 210 valence electrons. The molecule has 1 aliphatic rings. The molecule has 9 nitrogen and oxygen atoms in total. The van der Waals surface area contributed by atoms with E-state index < -0.39 is 10.0 Å². The van der Waals surface area contributed by atoms with Crippen molar-refractivity contribution in [3.8, 4) is 0 Å². The zero-order valence-corrected chi connectivity index (χ0v) is 24.5. The highest BCUT2D eigenvalue weighted by Crippen LogP contribution is 2.28. The second kappa shape index (κ2) is 14.2. The quantitative estimate of drug-likeness (QED) is 0.302. The van der Waals surface area contributed by atoms with E-state index >= 15 is 0 Å². The number of likely N-dealkylation sites (tertiary alicyclic amines) is 1. The van der Waals surface area contributed by atoms with Crippen molar-refractivity contribution >= 4 is 38.3 Å². The van der Waals surface area contributed by atoms with Crippen LogP contribution in [0.5, 0.6) is 0 Å². The summed E-state index contributed by atoms with van der Waals surface area (Å²) in [4.78, 5) is 30.7. The fourth-order valence-corrected chi connectivity index (χ4v) is 7.61. The number of anilines is 1. The molecule has 1 aromatic carbocycles. The third-order valence-electron chi connectivity index (χ3n) is 6.51. The molecule has 11 heteroatoms. The molecule has 3 rings (SSSR count). The number of nitrogens with one attached hydrogen (secondary N) is 3. The number of hydrogen-bond donors (Lipinski definition) is 3. The van der Waals surface area contributed by atoms with Crippen LogP contribution in [0.25, 0.3) is 0 Å². The average Bonchev–Trinajstić information content (AvgIpc) is 3.44. The lowest BCUT2D eigenvalue weighted by atomic mass is 10.0. The number of sulfonamides is 1. The average molecular weight is 564 g/mol. The summed E-state index contributed by atoms with van der Waals surface area (Å²) >= 11 is 0.944. The molecule has 2 atom stereocenters. The number of carbonyl (C=O) groups is 2. The highest BCUT2D eigenvalue weighted by Gasteiger charge is 2.34. The Morgan fingerprint density at radius 3 is 2.61 bits per heavy atom. The van der Waals surface area contributed by atoms with E-state index in [0.717, 1.165) is 50.0 Å². The van der Waals surface area contributed by atoms with E-state index in [1.807, 2.05) is 18.2 Å². The Labute approximate surface area is 230 Å². The number of amides is 2. The van der Waals surface area contributed by atoms with Crippen molar-refractivity contribution < 1.29 is 18.0 Å². The number of rotatable bonds is 14. The topological polar surface area (TPSA) is 120 Å². The van der Waals surface area contributed by atoms with Crippen molar-refractivity contribution in [2.45, 2.75) is 82.5 Å². The van der Waals surface area contributed by atoms with Gasteiger partial charge in [-0.25, -0.2) is 18.1 Å². The molecule has 0 radical (unpaired) electrons. The van der Waals surface area contributed by atoms with Gasteiger partial charge in [0.05, 0.1) is 11.7 Å². The van der Waals surface area contributed by atoms with Crippen molar-refractivity contribution in [2.24, 2.45) is 5.92 Å². The van der Waals surface area contributed by atoms with Gasteiger partial charge < -0.3 is 10.6 Å². The van der Waals surface area contributed by atoms with Crippen LogP contribution in [-0.4, -0.2) is 61.8 Å². The summed E-state index contributed by atoms with van der Waals surface area (Å²) in [6.45, 7) is 8.94. The van der Waals surface area contributed by atoms with Crippen molar-refractivity contribution in [3.63, 3.8) is 0 Å².